The summed E-state index contributed by atoms with van der Waals surface area (Å²) < 4.78 is 13.7. The molecular formula is C16H10ClFN2O. The largest absolute Gasteiger partial charge is 0.294 e. The van der Waals surface area contributed by atoms with E-state index in [2.05, 4.69) is 9.97 Å². The molecule has 0 saturated heterocycles. The predicted octanol–water partition coefficient (Wildman–Crippen LogP) is 3.85. The number of rotatable bonds is 3. The molecule has 3 rings (SSSR count). The molecule has 0 atom stereocenters. The van der Waals surface area contributed by atoms with E-state index in [1.54, 1.807) is 30.6 Å². The fraction of sp³-hybridized carbons (Fsp3) is 0.0625. The smallest absolute Gasteiger partial charge is 0.167 e. The fourth-order valence-corrected chi connectivity index (χ4v) is 2.29. The maximum absolute atomic E-state index is 13.7. The van der Waals surface area contributed by atoms with Gasteiger partial charge in [-0.2, -0.15) is 0 Å². The summed E-state index contributed by atoms with van der Waals surface area (Å²) >= 11 is 5.83. The number of fused-ring (bicyclic) bond motifs is 1. The average molecular weight is 301 g/mol. The van der Waals surface area contributed by atoms with E-state index in [1.807, 2.05) is 0 Å². The van der Waals surface area contributed by atoms with Gasteiger partial charge < -0.3 is 0 Å². The van der Waals surface area contributed by atoms with Gasteiger partial charge in [0.1, 0.15) is 5.82 Å². The summed E-state index contributed by atoms with van der Waals surface area (Å²) in [6.07, 6.45) is 3.11. The number of halogens is 2. The standard InChI is InChI=1S/C16H10ClFN2O/c17-12-2-3-13(18)11(7-12)9-16(21)10-1-4-14-15(8-10)20-6-5-19-14/h1-8H,9H2. The number of carbonyl (C=O) groups excluding carboxylic acids is 1. The lowest BCUT2D eigenvalue weighted by atomic mass is 10.0. The molecule has 104 valence electrons. The van der Waals surface area contributed by atoms with Crippen molar-refractivity contribution in [2.75, 3.05) is 0 Å². The van der Waals surface area contributed by atoms with Crippen molar-refractivity contribution < 1.29 is 9.18 Å². The van der Waals surface area contributed by atoms with E-state index >= 15 is 0 Å². The molecule has 0 N–H and O–H groups in total. The first-order valence-electron chi connectivity index (χ1n) is 6.31. The van der Waals surface area contributed by atoms with Crippen LogP contribution in [0.15, 0.2) is 48.8 Å². The lowest BCUT2D eigenvalue weighted by molar-refractivity contribution is 0.0992. The molecule has 5 heteroatoms. The molecule has 1 heterocycles. The second kappa shape index (κ2) is 5.58. The second-order valence-electron chi connectivity index (χ2n) is 4.60. The quantitative estimate of drug-likeness (QED) is 0.690. The summed E-state index contributed by atoms with van der Waals surface area (Å²) in [5, 5.41) is 0.406. The van der Waals surface area contributed by atoms with Crippen molar-refractivity contribution in [1.29, 1.82) is 0 Å². The van der Waals surface area contributed by atoms with Crippen LogP contribution in [0.5, 0.6) is 0 Å². The summed E-state index contributed by atoms with van der Waals surface area (Å²) in [5.41, 5.74) is 2.10. The van der Waals surface area contributed by atoms with Crippen LogP contribution >= 0.6 is 11.6 Å². The summed E-state index contributed by atoms with van der Waals surface area (Å²) in [4.78, 5) is 20.6. The molecule has 0 unspecified atom stereocenters. The molecule has 0 saturated carbocycles. The third-order valence-electron chi connectivity index (χ3n) is 3.15. The molecule has 0 spiro atoms. The molecule has 0 radical (unpaired) electrons. The van der Waals surface area contributed by atoms with Crippen LogP contribution in [0.2, 0.25) is 5.02 Å². The van der Waals surface area contributed by atoms with Crippen LogP contribution in [0.4, 0.5) is 4.39 Å². The molecule has 0 aliphatic carbocycles. The van der Waals surface area contributed by atoms with Crippen molar-refractivity contribution in [3.8, 4) is 0 Å². The third kappa shape index (κ3) is 2.90. The van der Waals surface area contributed by atoms with Crippen LogP contribution in [-0.4, -0.2) is 15.8 Å². The first-order valence-corrected chi connectivity index (χ1v) is 6.69. The van der Waals surface area contributed by atoms with E-state index in [9.17, 15) is 9.18 Å². The maximum atomic E-state index is 13.7. The third-order valence-corrected chi connectivity index (χ3v) is 3.39. The molecule has 3 aromatic rings. The Morgan fingerprint density at radius 3 is 2.62 bits per heavy atom. The molecule has 3 nitrogen and oxygen atoms in total. The van der Waals surface area contributed by atoms with E-state index in [4.69, 9.17) is 11.6 Å². The Balaban J connectivity index is 1.91. The molecule has 0 aliphatic rings. The van der Waals surface area contributed by atoms with Crippen molar-refractivity contribution in [3.05, 3.63) is 70.8 Å². The Morgan fingerprint density at radius 1 is 1.05 bits per heavy atom. The van der Waals surface area contributed by atoms with E-state index < -0.39 is 5.82 Å². The first kappa shape index (κ1) is 13.6. The highest BCUT2D eigenvalue weighted by Gasteiger charge is 2.12. The number of hydrogen-bond donors (Lipinski definition) is 0. The molecule has 0 amide bonds. The normalized spacial score (nSPS) is 10.8. The zero-order chi connectivity index (χ0) is 14.8. The molecule has 0 aliphatic heterocycles. The zero-order valence-electron chi connectivity index (χ0n) is 10.9. The number of hydrogen-bond acceptors (Lipinski definition) is 3. The monoisotopic (exact) mass is 300 g/mol. The number of aromatic nitrogens is 2. The Morgan fingerprint density at radius 2 is 1.81 bits per heavy atom. The number of benzene rings is 2. The van der Waals surface area contributed by atoms with Crippen LogP contribution < -0.4 is 0 Å². The van der Waals surface area contributed by atoms with E-state index in [-0.39, 0.29) is 17.8 Å². The predicted molar refractivity (Wildman–Crippen MR) is 79.0 cm³/mol. The van der Waals surface area contributed by atoms with Crippen molar-refractivity contribution in [2.24, 2.45) is 0 Å². The van der Waals surface area contributed by atoms with Crippen molar-refractivity contribution in [2.45, 2.75) is 6.42 Å². The van der Waals surface area contributed by atoms with Gasteiger partial charge in [0.2, 0.25) is 0 Å². The highest BCUT2D eigenvalue weighted by atomic mass is 35.5. The lowest BCUT2D eigenvalue weighted by Crippen LogP contribution is -2.05. The van der Waals surface area contributed by atoms with E-state index in [0.29, 0.717) is 21.6 Å². The minimum Gasteiger partial charge on any atom is -0.294 e. The summed E-state index contributed by atoms with van der Waals surface area (Å²) in [6.45, 7) is 0. The SMILES string of the molecule is O=C(Cc1cc(Cl)ccc1F)c1ccc2nccnc2c1. The van der Waals surface area contributed by atoms with Gasteiger partial charge >= 0.3 is 0 Å². The van der Waals surface area contributed by atoms with Gasteiger partial charge in [-0.15, -0.1) is 0 Å². The topological polar surface area (TPSA) is 42.9 Å². The van der Waals surface area contributed by atoms with Crippen molar-refractivity contribution in [3.63, 3.8) is 0 Å². The van der Waals surface area contributed by atoms with Crippen LogP contribution in [0.1, 0.15) is 15.9 Å². The summed E-state index contributed by atoms with van der Waals surface area (Å²) in [7, 11) is 0. The van der Waals surface area contributed by atoms with E-state index in [1.165, 1.54) is 18.2 Å². The average Bonchev–Trinajstić information content (AvgIpc) is 2.50. The molecule has 0 bridgehead atoms. The Bertz CT molecular complexity index is 835. The number of carbonyl (C=O) groups is 1. The van der Waals surface area contributed by atoms with Gasteiger partial charge in [-0.25, -0.2) is 4.39 Å². The van der Waals surface area contributed by atoms with Gasteiger partial charge in [0, 0.05) is 29.4 Å². The molecule has 2 aromatic carbocycles. The van der Waals surface area contributed by atoms with Crippen LogP contribution in [-0.2, 0) is 6.42 Å². The van der Waals surface area contributed by atoms with Gasteiger partial charge in [0.05, 0.1) is 11.0 Å². The van der Waals surface area contributed by atoms with Gasteiger partial charge in [-0.05, 0) is 42.0 Å². The van der Waals surface area contributed by atoms with E-state index in [0.717, 1.165) is 0 Å². The van der Waals surface area contributed by atoms with Gasteiger partial charge in [-0.3, -0.25) is 14.8 Å². The molecule has 1 aromatic heterocycles. The number of Topliss-reactive ketones (excluding diaryl/α,β-unsaturated/α-hetero) is 1. The minimum absolute atomic E-state index is 0.0435. The first-order chi connectivity index (χ1) is 10.1. The Labute approximate surface area is 125 Å². The maximum Gasteiger partial charge on any atom is 0.167 e. The summed E-state index contributed by atoms with van der Waals surface area (Å²) in [6, 6.07) is 9.24. The lowest BCUT2D eigenvalue weighted by Gasteiger charge is -2.05. The number of ketones is 1. The molecule has 21 heavy (non-hydrogen) atoms. The Hall–Kier alpha value is -2.33. The van der Waals surface area contributed by atoms with Crippen LogP contribution in [0.25, 0.3) is 11.0 Å². The highest BCUT2D eigenvalue weighted by molar-refractivity contribution is 6.30. The second-order valence-corrected chi connectivity index (χ2v) is 5.03. The van der Waals surface area contributed by atoms with Gasteiger partial charge in [0.25, 0.3) is 0 Å². The summed E-state index contributed by atoms with van der Waals surface area (Å²) in [5.74, 6) is -0.628. The van der Waals surface area contributed by atoms with Crippen LogP contribution in [0.3, 0.4) is 0 Å². The van der Waals surface area contributed by atoms with Crippen LogP contribution in [0, 0.1) is 5.82 Å². The van der Waals surface area contributed by atoms with Crippen molar-refractivity contribution in [1.82, 2.24) is 9.97 Å². The molecule has 0 fully saturated rings. The molecular weight excluding hydrogens is 291 g/mol. The number of nitrogens with zero attached hydrogens (tertiary/aromatic N) is 2. The highest BCUT2D eigenvalue weighted by Crippen LogP contribution is 2.18. The fourth-order valence-electron chi connectivity index (χ4n) is 2.09. The minimum atomic E-state index is -0.437. The van der Waals surface area contributed by atoms with Gasteiger partial charge in [-0.1, -0.05) is 11.6 Å². The Kier molecular flexibility index (Phi) is 3.62. The zero-order valence-corrected chi connectivity index (χ0v) is 11.6. The van der Waals surface area contributed by atoms with Gasteiger partial charge in [0.15, 0.2) is 5.78 Å². The van der Waals surface area contributed by atoms with Crippen molar-refractivity contribution >= 4 is 28.4 Å².